The number of pyridine rings is 1. The third-order valence-corrected chi connectivity index (χ3v) is 7.41. The molecule has 10 heteroatoms. The predicted octanol–water partition coefficient (Wildman–Crippen LogP) is 4.94. The fourth-order valence-electron chi connectivity index (χ4n) is 5.06. The van der Waals surface area contributed by atoms with Crippen LogP contribution in [-0.4, -0.2) is 56.0 Å². The molecule has 2 aromatic carbocycles. The first-order valence-corrected chi connectivity index (χ1v) is 12.5. The number of nitrogens with zero attached hydrogens (tertiary/aromatic N) is 6. The van der Waals surface area contributed by atoms with Crippen molar-refractivity contribution >= 4 is 39.2 Å². The van der Waals surface area contributed by atoms with Crippen molar-refractivity contribution in [3.8, 4) is 17.1 Å². The van der Waals surface area contributed by atoms with Gasteiger partial charge < -0.3 is 14.6 Å². The van der Waals surface area contributed by atoms with E-state index in [1.165, 1.54) is 18.9 Å². The monoisotopic (exact) mass is 503 g/mol. The zero-order valence-corrected chi connectivity index (χ0v) is 20.2. The van der Waals surface area contributed by atoms with Crippen molar-refractivity contribution in [3.63, 3.8) is 0 Å². The number of morpholine rings is 1. The Balaban J connectivity index is 1.54. The fraction of sp³-hybridized carbons (Fsp3) is 0.308. The minimum absolute atomic E-state index is 0.0267. The number of benzene rings is 2. The summed E-state index contributed by atoms with van der Waals surface area (Å²) in [6, 6.07) is 9.40. The summed E-state index contributed by atoms with van der Waals surface area (Å²) >= 11 is 6.33. The van der Waals surface area contributed by atoms with Gasteiger partial charge in [0.1, 0.15) is 28.5 Å². The Labute approximate surface area is 211 Å². The molecule has 0 spiro atoms. The lowest BCUT2D eigenvalue weighted by Crippen LogP contribution is -2.36. The van der Waals surface area contributed by atoms with Gasteiger partial charge in [-0.1, -0.05) is 11.6 Å². The van der Waals surface area contributed by atoms with Gasteiger partial charge in [0, 0.05) is 42.3 Å². The van der Waals surface area contributed by atoms with Crippen LogP contribution in [-0.2, 0) is 11.2 Å². The second-order valence-corrected chi connectivity index (χ2v) is 9.77. The molecule has 0 bridgehead atoms. The summed E-state index contributed by atoms with van der Waals surface area (Å²) in [4.78, 5) is 15.0. The molecule has 36 heavy (non-hydrogen) atoms. The van der Waals surface area contributed by atoms with E-state index in [9.17, 15) is 4.39 Å². The Hall–Kier alpha value is -3.56. The average molecular weight is 504 g/mol. The number of imidazole rings is 1. The van der Waals surface area contributed by atoms with Gasteiger partial charge in [-0.15, -0.1) is 10.2 Å². The molecule has 2 aliphatic rings. The fourth-order valence-corrected chi connectivity index (χ4v) is 5.27. The van der Waals surface area contributed by atoms with Crippen LogP contribution in [0.3, 0.4) is 0 Å². The summed E-state index contributed by atoms with van der Waals surface area (Å²) in [5.41, 5.74) is 5.07. The maximum Gasteiger partial charge on any atom is 0.163 e. The average Bonchev–Trinajstić information content (AvgIpc) is 3.41. The molecule has 182 valence electrons. The van der Waals surface area contributed by atoms with E-state index in [0.717, 1.165) is 58.7 Å². The van der Waals surface area contributed by atoms with Crippen LogP contribution in [0.4, 0.5) is 10.1 Å². The summed E-state index contributed by atoms with van der Waals surface area (Å²) in [7, 11) is 0. The van der Waals surface area contributed by atoms with Gasteiger partial charge in [0.2, 0.25) is 0 Å². The van der Waals surface area contributed by atoms with E-state index in [2.05, 4.69) is 41.8 Å². The van der Waals surface area contributed by atoms with Crippen molar-refractivity contribution in [1.29, 1.82) is 0 Å². The Bertz CT molecular complexity index is 1590. The quantitative estimate of drug-likeness (QED) is 0.365. The molecular formula is C26H23ClFN7O. The lowest BCUT2D eigenvalue weighted by atomic mass is 10.1. The highest BCUT2D eigenvalue weighted by Gasteiger charge is 2.28. The van der Waals surface area contributed by atoms with Gasteiger partial charge in [-0.25, -0.2) is 9.37 Å². The van der Waals surface area contributed by atoms with Gasteiger partial charge in [0.25, 0.3) is 0 Å². The van der Waals surface area contributed by atoms with E-state index in [0.29, 0.717) is 30.5 Å². The number of halogens is 2. The van der Waals surface area contributed by atoms with Crippen LogP contribution in [0.1, 0.15) is 18.7 Å². The Morgan fingerprint density at radius 3 is 2.75 bits per heavy atom. The summed E-state index contributed by atoms with van der Waals surface area (Å²) in [6.07, 6.45) is 6.52. The highest BCUT2D eigenvalue weighted by molar-refractivity contribution is 6.35. The summed E-state index contributed by atoms with van der Waals surface area (Å²) < 4.78 is 22.1. The maximum atomic E-state index is 14.3. The van der Waals surface area contributed by atoms with Crippen LogP contribution in [0.15, 0.2) is 42.9 Å². The summed E-state index contributed by atoms with van der Waals surface area (Å²) in [5, 5.41) is 9.13. The highest BCUT2D eigenvalue weighted by atomic mass is 35.5. The molecule has 2 fully saturated rings. The van der Waals surface area contributed by atoms with Crippen molar-refractivity contribution in [2.24, 2.45) is 5.92 Å². The molecule has 1 N–H and O–H groups in total. The molecule has 1 saturated carbocycles. The number of hydrogen-bond acceptors (Lipinski definition) is 6. The first kappa shape index (κ1) is 21.7. The third kappa shape index (κ3) is 3.61. The maximum absolute atomic E-state index is 14.3. The first-order chi connectivity index (χ1) is 17.7. The molecule has 0 radical (unpaired) electrons. The first-order valence-electron chi connectivity index (χ1n) is 12.1. The van der Waals surface area contributed by atoms with Crippen LogP contribution in [0.5, 0.6) is 0 Å². The number of fused-ring (bicyclic) bond motifs is 2. The minimum atomic E-state index is -0.482. The molecular weight excluding hydrogens is 481 g/mol. The van der Waals surface area contributed by atoms with Gasteiger partial charge in [0.05, 0.1) is 29.9 Å². The number of ether oxygens (including phenoxy) is 1. The van der Waals surface area contributed by atoms with Crippen LogP contribution in [0, 0.1) is 11.7 Å². The summed E-state index contributed by atoms with van der Waals surface area (Å²) in [5.74, 6) is 1.76. The van der Waals surface area contributed by atoms with Crippen LogP contribution < -0.4 is 4.90 Å². The molecule has 0 unspecified atom stereocenters. The molecule has 0 amide bonds. The van der Waals surface area contributed by atoms with Gasteiger partial charge >= 0.3 is 0 Å². The molecule has 1 aliphatic heterocycles. The van der Waals surface area contributed by atoms with Crippen molar-refractivity contribution < 1.29 is 9.13 Å². The second kappa shape index (κ2) is 8.53. The number of anilines is 1. The predicted molar refractivity (Wildman–Crippen MR) is 136 cm³/mol. The normalized spacial score (nSPS) is 16.3. The molecule has 0 atom stereocenters. The SMILES string of the molecule is Fc1ccc2c(-n3c(CC4CC4)nc4c(-c5nnc[nH]5)cc(N5CCOCC5)cc43)ccnc2c1Cl. The number of nitrogens with one attached hydrogen (secondary N) is 1. The van der Waals surface area contributed by atoms with Crippen molar-refractivity contribution in [2.45, 2.75) is 19.3 Å². The lowest BCUT2D eigenvalue weighted by molar-refractivity contribution is 0.122. The lowest BCUT2D eigenvalue weighted by Gasteiger charge is -2.29. The largest absolute Gasteiger partial charge is 0.378 e. The smallest absolute Gasteiger partial charge is 0.163 e. The zero-order valence-electron chi connectivity index (χ0n) is 19.4. The molecule has 5 aromatic rings. The van der Waals surface area contributed by atoms with E-state index in [4.69, 9.17) is 21.3 Å². The van der Waals surface area contributed by atoms with Gasteiger partial charge in [-0.3, -0.25) is 9.55 Å². The third-order valence-electron chi connectivity index (χ3n) is 7.05. The second-order valence-electron chi connectivity index (χ2n) is 9.40. The number of aromatic amines is 1. The van der Waals surface area contributed by atoms with Gasteiger partial charge in [0.15, 0.2) is 5.82 Å². The van der Waals surface area contributed by atoms with Crippen LogP contribution >= 0.6 is 11.6 Å². The molecule has 8 nitrogen and oxygen atoms in total. The Kier molecular flexibility index (Phi) is 5.14. The van der Waals surface area contributed by atoms with Crippen molar-refractivity contribution in [2.75, 3.05) is 31.2 Å². The molecule has 3 aromatic heterocycles. The number of aromatic nitrogens is 6. The topological polar surface area (TPSA) is 84.8 Å². The van der Waals surface area contributed by atoms with Gasteiger partial charge in [-0.05, 0) is 49.1 Å². The minimum Gasteiger partial charge on any atom is -0.378 e. The van der Waals surface area contributed by atoms with E-state index in [1.807, 2.05) is 6.07 Å². The molecule has 4 heterocycles. The van der Waals surface area contributed by atoms with E-state index in [1.54, 1.807) is 18.6 Å². The number of H-pyrrole nitrogens is 1. The number of rotatable bonds is 5. The van der Waals surface area contributed by atoms with Crippen LogP contribution in [0.2, 0.25) is 5.02 Å². The number of hydrogen-bond donors (Lipinski definition) is 1. The van der Waals surface area contributed by atoms with E-state index in [-0.39, 0.29) is 5.02 Å². The van der Waals surface area contributed by atoms with Crippen molar-refractivity contribution in [1.82, 2.24) is 29.7 Å². The Morgan fingerprint density at radius 1 is 1.11 bits per heavy atom. The zero-order chi connectivity index (χ0) is 24.2. The summed E-state index contributed by atoms with van der Waals surface area (Å²) in [6.45, 7) is 2.97. The van der Waals surface area contributed by atoms with E-state index < -0.39 is 5.82 Å². The van der Waals surface area contributed by atoms with Crippen LogP contribution in [0.25, 0.3) is 39.0 Å². The van der Waals surface area contributed by atoms with Crippen molar-refractivity contribution in [3.05, 3.63) is 59.5 Å². The van der Waals surface area contributed by atoms with Gasteiger partial charge in [-0.2, -0.15) is 0 Å². The highest BCUT2D eigenvalue weighted by Crippen LogP contribution is 2.39. The molecule has 1 saturated heterocycles. The molecule has 1 aliphatic carbocycles. The van der Waals surface area contributed by atoms with E-state index >= 15 is 0 Å². The molecule has 7 rings (SSSR count). The standard InChI is InChI=1S/C26H23ClFN7O/c27-23-19(28)4-3-17-20(5-6-29-25(17)23)35-21-13-16(34-7-9-36-10-8-34)12-18(26-30-14-31-33-26)24(21)32-22(35)11-15-1-2-15/h3-6,12-15H,1-2,7-11H2,(H,30,31,33). The Morgan fingerprint density at radius 2 is 1.97 bits per heavy atom.